The Morgan fingerprint density at radius 2 is 1.87 bits per heavy atom. The van der Waals surface area contributed by atoms with E-state index < -0.39 is 5.79 Å². The third kappa shape index (κ3) is 2.74. The molecule has 1 saturated carbocycles. The molecule has 0 atom stereocenters. The van der Waals surface area contributed by atoms with Crippen LogP contribution in [-0.2, 0) is 0 Å². The van der Waals surface area contributed by atoms with E-state index in [4.69, 9.17) is 9.47 Å². The van der Waals surface area contributed by atoms with Crippen LogP contribution in [0, 0.1) is 0 Å². The third-order valence-electron chi connectivity index (χ3n) is 4.31. The maximum Gasteiger partial charge on any atom is 0.274 e. The van der Waals surface area contributed by atoms with E-state index in [0.717, 1.165) is 31.4 Å². The Bertz CT molecular complexity index is 724. The van der Waals surface area contributed by atoms with Gasteiger partial charge in [0, 0.05) is 30.8 Å². The van der Waals surface area contributed by atoms with E-state index in [2.05, 4.69) is 10.3 Å². The summed E-state index contributed by atoms with van der Waals surface area (Å²) < 4.78 is 12.1. The number of ether oxygens (including phenoxy) is 2. The van der Waals surface area contributed by atoms with Gasteiger partial charge in [-0.2, -0.15) is 0 Å². The van der Waals surface area contributed by atoms with Gasteiger partial charge in [-0.25, -0.2) is 0 Å². The number of aromatic nitrogens is 1. The number of fused-ring (bicyclic) bond motifs is 1. The van der Waals surface area contributed by atoms with E-state index >= 15 is 0 Å². The van der Waals surface area contributed by atoms with Gasteiger partial charge >= 0.3 is 0 Å². The van der Waals surface area contributed by atoms with Crippen LogP contribution in [0.3, 0.4) is 0 Å². The lowest BCUT2D eigenvalue weighted by Gasteiger charge is -2.31. The van der Waals surface area contributed by atoms with Crippen molar-refractivity contribution in [2.24, 2.45) is 0 Å². The van der Waals surface area contributed by atoms with Crippen molar-refractivity contribution >= 4 is 11.6 Å². The van der Waals surface area contributed by atoms with Gasteiger partial charge in [0.2, 0.25) is 0 Å². The fourth-order valence-corrected chi connectivity index (χ4v) is 3.16. The van der Waals surface area contributed by atoms with Gasteiger partial charge in [-0.3, -0.25) is 9.78 Å². The van der Waals surface area contributed by atoms with E-state index in [0.29, 0.717) is 17.1 Å². The highest BCUT2D eigenvalue weighted by Gasteiger charge is 2.42. The minimum Gasteiger partial charge on any atom is -0.448 e. The molecular weight excluding hydrogens is 292 g/mol. The molecule has 118 valence electrons. The first-order valence-corrected chi connectivity index (χ1v) is 7.99. The van der Waals surface area contributed by atoms with Crippen LogP contribution >= 0.6 is 0 Å². The molecular formula is C18H18N2O3. The predicted molar refractivity (Wildman–Crippen MR) is 85.7 cm³/mol. The van der Waals surface area contributed by atoms with Crippen molar-refractivity contribution in [3.63, 3.8) is 0 Å². The maximum absolute atomic E-state index is 12.2. The first kappa shape index (κ1) is 14.1. The molecule has 1 amide bonds. The van der Waals surface area contributed by atoms with Crippen molar-refractivity contribution < 1.29 is 14.3 Å². The summed E-state index contributed by atoms with van der Waals surface area (Å²) in [6.07, 6.45) is 6.90. The number of hydrogen-bond donors (Lipinski definition) is 1. The van der Waals surface area contributed by atoms with E-state index in [9.17, 15) is 4.79 Å². The lowest BCUT2D eigenvalue weighted by Crippen LogP contribution is -2.40. The van der Waals surface area contributed by atoms with Crippen molar-refractivity contribution in [2.75, 3.05) is 5.32 Å². The summed E-state index contributed by atoms with van der Waals surface area (Å²) in [4.78, 5) is 16.2. The molecule has 0 saturated heterocycles. The first-order chi connectivity index (χ1) is 11.2. The molecule has 0 radical (unpaired) electrons. The Labute approximate surface area is 134 Å². The summed E-state index contributed by atoms with van der Waals surface area (Å²) in [5.41, 5.74) is 1.06. The van der Waals surface area contributed by atoms with Gasteiger partial charge in [0.1, 0.15) is 5.69 Å². The first-order valence-electron chi connectivity index (χ1n) is 7.99. The van der Waals surface area contributed by atoms with Gasteiger partial charge in [-0.1, -0.05) is 12.5 Å². The number of rotatable bonds is 2. The van der Waals surface area contributed by atoms with Crippen molar-refractivity contribution in [3.05, 3.63) is 48.3 Å². The molecule has 1 N–H and O–H groups in total. The van der Waals surface area contributed by atoms with Crippen LogP contribution < -0.4 is 14.8 Å². The molecule has 5 nitrogen and oxygen atoms in total. The molecule has 1 spiro atoms. The van der Waals surface area contributed by atoms with Crippen LogP contribution in [0.2, 0.25) is 0 Å². The number of benzene rings is 1. The Kier molecular flexibility index (Phi) is 3.41. The molecule has 2 heterocycles. The maximum atomic E-state index is 12.2. The van der Waals surface area contributed by atoms with E-state index in [1.807, 2.05) is 18.2 Å². The Morgan fingerprint density at radius 1 is 1.04 bits per heavy atom. The highest BCUT2D eigenvalue weighted by Crippen LogP contribution is 2.46. The van der Waals surface area contributed by atoms with E-state index in [1.165, 1.54) is 6.42 Å². The van der Waals surface area contributed by atoms with Crippen LogP contribution in [0.25, 0.3) is 0 Å². The Balaban J connectivity index is 1.51. The molecule has 0 unspecified atom stereocenters. The standard InChI is InChI=1S/C18H18N2O3/c21-17(14-6-2-5-11-19-14)20-13-7-8-15-16(12-13)23-18(22-15)9-3-1-4-10-18/h2,5-8,11-12H,1,3-4,9-10H2,(H,20,21). The molecule has 2 aromatic rings. The SMILES string of the molecule is O=C(Nc1ccc2c(c1)OC1(CCCCC1)O2)c1ccccn1. The molecule has 1 aromatic heterocycles. The van der Waals surface area contributed by atoms with Gasteiger partial charge < -0.3 is 14.8 Å². The van der Waals surface area contributed by atoms with Crippen molar-refractivity contribution in [3.8, 4) is 11.5 Å². The predicted octanol–water partition coefficient (Wildman–Crippen LogP) is 3.77. The monoisotopic (exact) mass is 310 g/mol. The summed E-state index contributed by atoms with van der Waals surface area (Å²) in [6.45, 7) is 0. The molecule has 23 heavy (non-hydrogen) atoms. The fourth-order valence-electron chi connectivity index (χ4n) is 3.16. The number of hydrogen-bond acceptors (Lipinski definition) is 4. The molecule has 4 rings (SSSR count). The zero-order chi connectivity index (χ0) is 15.7. The summed E-state index contributed by atoms with van der Waals surface area (Å²) in [7, 11) is 0. The molecule has 1 fully saturated rings. The number of nitrogens with one attached hydrogen (secondary N) is 1. The molecule has 0 bridgehead atoms. The smallest absolute Gasteiger partial charge is 0.274 e. The zero-order valence-electron chi connectivity index (χ0n) is 12.7. The quantitative estimate of drug-likeness (QED) is 0.917. The summed E-state index contributed by atoms with van der Waals surface area (Å²) >= 11 is 0. The second-order valence-corrected chi connectivity index (χ2v) is 6.01. The number of nitrogens with zero attached hydrogens (tertiary/aromatic N) is 1. The molecule has 5 heteroatoms. The van der Waals surface area contributed by atoms with Crippen LogP contribution in [0.4, 0.5) is 5.69 Å². The lowest BCUT2D eigenvalue weighted by atomic mass is 9.94. The van der Waals surface area contributed by atoms with Crippen molar-refractivity contribution in [1.82, 2.24) is 4.98 Å². The molecule has 1 aromatic carbocycles. The highest BCUT2D eigenvalue weighted by molar-refractivity contribution is 6.02. The lowest BCUT2D eigenvalue weighted by molar-refractivity contribution is -0.105. The van der Waals surface area contributed by atoms with Crippen molar-refractivity contribution in [2.45, 2.75) is 37.9 Å². The number of amides is 1. The van der Waals surface area contributed by atoms with Gasteiger partial charge in [-0.15, -0.1) is 0 Å². The molecule has 1 aliphatic carbocycles. The summed E-state index contributed by atoms with van der Waals surface area (Å²) in [6, 6.07) is 10.7. The summed E-state index contributed by atoms with van der Waals surface area (Å²) in [5, 5.41) is 2.84. The van der Waals surface area contributed by atoms with Gasteiger partial charge in [-0.05, 0) is 37.1 Å². The van der Waals surface area contributed by atoms with Gasteiger partial charge in [0.15, 0.2) is 11.5 Å². The van der Waals surface area contributed by atoms with E-state index in [1.54, 1.807) is 24.4 Å². The fraction of sp³-hybridized carbons (Fsp3) is 0.333. The topological polar surface area (TPSA) is 60.5 Å². The second kappa shape index (κ2) is 5.57. The highest BCUT2D eigenvalue weighted by atomic mass is 16.7. The average Bonchev–Trinajstić information content (AvgIpc) is 2.93. The van der Waals surface area contributed by atoms with Gasteiger partial charge in [0.25, 0.3) is 11.7 Å². The van der Waals surface area contributed by atoms with Crippen LogP contribution in [0.15, 0.2) is 42.6 Å². The van der Waals surface area contributed by atoms with Crippen LogP contribution in [-0.4, -0.2) is 16.7 Å². The number of carbonyl (C=O) groups is 1. The van der Waals surface area contributed by atoms with Gasteiger partial charge in [0.05, 0.1) is 0 Å². The number of anilines is 1. The minimum absolute atomic E-state index is 0.239. The Hall–Kier alpha value is -2.56. The summed E-state index contributed by atoms with van der Waals surface area (Å²) in [5.74, 6) is 0.717. The van der Waals surface area contributed by atoms with Crippen LogP contribution in [0.1, 0.15) is 42.6 Å². The number of pyridine rings is 1. The third-order valence-corrected chi connectivity index (χ3v) is 4.31. The van der Waals surface area contributed by atoms with Crippen LogP contribution in [0.5, 0.6) is 11.5 Å². The van der Waals surface area contributed by atoms with Crippen molar-refractivity contribution in [1.29, 1.82) is 0 Å². The van der Waals surface area contributed by atoms with E-state index in [-0.39, 0.29) is 5.91 Å². The second-order valence-electron chi connectivity index (χ2n) is 6.01. The number of carbonyl (C=O) groups excluding carboxylic acids is 1. The minimum atomic E-state index is -0.496. The largest absolute Gasteiger partial charge is 0.448 e. The zero-order valence-corrected chi connectivity index (χ0v) is 12.7. The normalized spacial score (nSPS) is 17.9. The molecule has 2 aliphatic rings. The molecule has 1 aliphatic heterocycles. The Morgan fingerprint density at radius 3 is 2.65 bits per heavy atom. The average molecular weight is 310 g/mol.